The second-order valence-corrected chi connectivity index (χ2v) is 8.99. The molecule has 0 aliphatic heterocycles. The van der Waals surface area contributed by atoms with Crippen molar-refractivity contribution in [1.29, 1.82) is 0 Å². The molecule has 124 valence electrons. The van der Waals surface area contributed by atoms with Gasteiger partial charge in [-0.2, -0.15) is 0 Å². The van der Waals surface area contributed by atoms with E-state index in [-0.39, 0.29) is 11.9 Å². The van der Waals surface area contributed by atoms with Crippen molar-refractivity contribution in [3.63, 3.8) is 0 Å². The summed E-state index contributed by atoms with van der Waals surface area (Å²) < 4.78 is 12.4. The molecule has 22 heavy (non-hydrogen) atoms. The van der Waals surface area contributed by atoms with Crippen molar-refractivity contribution in [3.05, 3.63) is 16.1 Å². The second-order valence-electron chi connectivity index (χ2n) is 6.34. The van der Waals surface area contributed by atoms with Gasteiger partial charge in [0.15, 0.2) is 0 Å². The van der Waals surface area contributed by atoms with E-state index in [9.17, 15) is 9.00 Å². The molecule has 0 bridgehead atoms. The summed E-state index contributed by atoms with van der Waals surface area (Å²) in [6.07, 6.45) is 5.72. The maximum Gasteiger partial charge on any atom is 0.235 e. The minimum absolute atomic E-state index is 0.0791. The van der Waals surface area contributed by atoms with E-state index in [1.165, 1.54) is 19.3 Å². The van der Waals surface area contributed by atoms with Crippen LogP contribution in [-0.2, 0) is 21.3 Å². The van der Waals surface area contributed by atoms with Crippen molar-refractivity contribution in [3.8, 4) is 0 Å². The predicted molar refractivity (Wildman–Crippen MR) is 92.5 cm³/mol. The van der Waals surface area contributed by atoms with Crippen molar-refractivity contribution in [1.82, 2.24) is 10.3 Å². The highest BCUT2D eigenvalue weighted by atomic mass is 32.2. The van der Waals surface area contributed by atoms with Crippen LogP contribution < -0.4 is 5.32 Å². The topological polar surface area (TPSA) is 59.1 Å². The summed E-state index contributed by atoms with van der Waals surface area (Å²) in [5.74, 6) is 0.673. The molecule has 1 aliphatic carbocycles. The summed E-state index contributed by atoms with van der Waals surface area (Å²) in [5, 5.41) is 5.60. The molecule has 4 nitrogen and oxygen atoms in total. The number of aromatic nitrogens is 1. The van der Waals surface area contributed by atoms with Crippen LogP contribution in [0.3, 0.4) is 0 Å². The third kappa shape index (κ3) is 4.88. The van der Waals surface area contributed by atoms with Gasteiger partial charge in [0.1, 0.15) is 5.25 Å². The molecule has 1 aromatic rings. The fourth-order valence-corrected chi connectivity index (χ4v) is 4.55. The molecule has 2 atom stereocenters. The van der Waals surface area contributed by atoms with Gasteiger partial charge in [0.05, 0.1) is 16.5 Å². The smallest absolute Gasteiger partial charge is 0.235 e. The number of nitrogens with one attached hydrogen (secondary N) is 1. The van der Waals surface area contributed by atoms with Crippen LogP contribution in [-0.4, -0.2) is 26.4 Å². The lowest BCUT2D eigenvalue weighted by molar-refractivity contribution is -0.121. The van der Waals surface area contributed by atoms with Gasteiger partial charge < -0.3 is 5.32 Å². The van der Waals surface area contributed by atoms with Gasteiger partial charge in [-0.05, 0) is 19.8 Å². The SMILES string of the molecule is CC(C)c1nc(CS(=O)C(C)C(=O)NC2CCCCC2)cs1. The van der Waals surface area contributed by atoms with E-state index in [4.69, 9.17) is 0 Å². The molecule has 0 saturated heterocycles. The Bertz CT molecular complexity index is 522. The van der Waals surface area contributed by atoms with Crippen LogP contribution in [0.4, 0.5) is 0 Å². The molecule has 1 amide bonds. The molecule has 1 heterocycles. The first-order valence-corrected chi connectivity index (χ1v) is 10.4. The third-order valence-electron chi connectivity index (χ3n) is 4.07. The molecule has 2 unspecified atom stereocenters. The fraction of sp³-hybridized carbons (Fsp3) is 0.750. The van der Waals surface area contributed by atoms with Crippen molar-refractivity contribution in [2.24, 2.45) is 0 Å². The summed E-state index contributed by atoms with van der Waals surface area (Å²) in [7, 11) is -1.22. The Morgan fingerprint density at radius 3 is 2.64 bits per heavy atom. The highest BCUT2D eigenvalue weighted by molar-refractivity contribution is 7.85. The lowest BCUT2D eigenvalue weighted by Gasteiger charge is -2.24. The lowest BCUT2D eigenvalue weighted by atomic mass is 9.95. The van der Waals surface area contributed by atoms with Crippen LogP contribution in [0.5, 0.6) is 0 Å². The third-order valence-corrected chi connectivity index (χ3v) is 6.85. The molecule has 1 fully saturated rings. The van der Waals surface area contributed by atoms with Gasteiger partial charge in [-0.15, -0.1) is 11.3 Å². The van der Waals surface area contributed by atoms with Crippen LogP contribution in [0.25, 0.3) is 0 Å². The first kappa shape index (κ1) is 17.6. The maximum atomic E-state index is 12.4. The summed E-state index contributed by atoms with van der Waals surface area (Å²) in [6.45, 7) is 5.95. The van der Waals surface area contributed by atoms with Crippen LogP contribution in [0.1, 0.15) is 69.5 Å². The number of hydrogen-bond donors (Lipinski definition) is 1. The van der Waals surface area contributed by atoms with Crippen LogP contribution in [0.2, 0.25) is 0 Å². The Balaban J connectivity index is 1.86. The standard InChI is InChI=1S/C16H26N2O2S2/c1-11(2)16-18-14(9-21-16)10-22(20)12(3)15(19)17-13-7-5-4-6-8-13/h9,11-13H,4-8,10H2,1-3H3,(H,17,19). The minimum atomic E-state index is -1.22. The summed E-state index contributed by atoms with van der Waals surface area (Å²) in [4.78, 5) is 16.7. The van der Waals surface area contributed by atoms with E-state index in [1.54, 1.807) is 18.3 Å². The van der Waals surface area contributed by atoms with Crippen molar-refractivity contribution < 1.29 is 9.00 Å². The molecular weight excluding hydrogens is 316 g/mol. The zero-order valence-corrected chi connectivity index (χ0v) is 15.3. The lowest BCUT2D eigenvalue weighted by Crippen LogP contribution is -2.42. The first-order chi connectivity index (χ1) is 10.5. The number of amides is 1. The van der Waals surface area contributed by atoms with Crippen LogP contribution >= 0.6 is 11.3 Å². The van der Waals surface area contributed by atoms with E-state index in [1.807, 2.05) is 5.38 Å². The van der Waals surface area contributed by atoms with E-state index >= 15 is 0 Å². The molecule has 1 N–H and O–H groups in total. The normalized spacial score (nSPS) is 19.1. The number of hydrogen-bond acceptors (Lipinski definition) is 4. The van der Waals surface area contributed by atoms with Gasteiger partial charge in [-0.3, -0.25) is 9.00 Å². The summed E-state index contributed by atoms with van der Waals surface area (Å²) >= 11 is 1.60. The largest absolute Gasteiger partial charge is 0.352 e. The average molecular weight is 343 g/mol. The fourth-order valence-electron chi connectivity index (χ4n) is 2.61. The Morgan fingerprint density at radius 1 is 1.36 bits per heavy atom. The second kappa shape index (κ2) is 8.20. The molecule has 1 saturated carbocycles. The molecule has 6 heteroatoms. The van der Waals surface area contributed by atoms with Gasteiger partial charge in [0.2, 0.25) is 5.91 Å². The number of rotatable bonds is 6. The molecular formula is C16H26N2O2S2. The monoisotopic (exact) mass is 342 g/mol. The van der Waals surface area contributed by atoms with E-state index < -0.39 is 16.0 Å². The van der Waals surface area contributed by atoms with E-state index in [2.05, 4.69) is 24.1 Å². The summed E-state index contributed by atoms with van der Waals surface area (Å²) in [6, 6.07) is 0.271. The molecule has 1 aliphatic rings. The molecule has 0 radical (unpaired) electrons. The Labute approximate surface area is 139 Å². The van der Waals surface area contributed by atoms with Crippen molar-refractivity contribution >= 4 is 28.0 Å². The van der Waals surface area contributed by atoms with E-state index in [0.717, 1.165) is 23.5 Å². The maximum absolute atomic E-state index is 12.4. The van der Waals surface area contributed by atoms with E-state index in [0.29, 0.717) is 11.7 Å². The van der Waals surface area contributed by atoms with Gasteiger partial charge in [0.25, 0.3) is 0 Å². The zero-order chi connectivity index (χ0) is 16.1. The summed E-state index contributed by atoms with van der Waals surface area (Å²) in [5.41, 5.74) is 0.837. The first-order valence-electron chi connectivity index (χ1n) is 8.09. The van der Waals surface area contributed by atoms with Crippen molar-refractivity contribution in [2.45, 2.75) is 75.8 Å². The zero-order valence-electron chi connectivity index (χ0n) is 13.6. The Morgan fingerprint density at radius 2 is 2.05 bits per heavy atom. The van der Waals surface area contributed by atoms with Gasteiger partial charge in [0, 0.05) is 28.1 Å². The highest BCUT2D eigenvalue weighted by Gasteiger charge is 2.24. The van der Waals surface area contributed by atoms with Crippen LogP contribution in [0.15, 0.2) is 5.38 Å². The molecule has 2 rings (SSSR count). The molecule has 0 spiro atoms. The quantitative estimate of drug-likeness (QED) is 0.862. The number of carbonyl (C=O) groups excluding carboxylic acids is 1. The number of nitrogens with zero attached hydrogens (tertiary/aromatic N) is 1. The minimum Gasteiger partial charge on any atom is -0.352 e. The Kier molecular flexibility index (Phi) is 6.56. The Hall–Kier alpha value is -0.750. The average Bonchev–Trinajstić information content (AvgIpc) is 2.96. The molecule has 0 aromatic carbocycles. The number of carbonyl (C=O) groups is 1. The highest BCUT2D eigenvalue weighted by Crippen LogP contribution is 2.21. The van der Waals surface area contributed by atoms with Crippen molar-refractivity contribution in [2.75, 3.05) is 0 Å². The van der Waals surface area contributed by atoms with Gasteiger partial charge in [-0.1, -0.05) is 33.1 Å². The van der Waals surface area contributed by atoms with Crippen LogP contribution in [0, 0.1) is 0 Å². The van der Waals surface area contributed by atoms with Gasteiger partial charge in [-0.25, -0.2) is 4.98 Å². The number of thiazole rings is 1. The van der Waals surface area contributed by atoms with Gasteiger partial charge >= 0.3 is 0 Å². The molecule has 1 aromatic heterocycles. The predicted octanol–water partition coefficient (Wildman–Crippen LogP) is 3.35.